The van der Waals surface area contributed by atoms with Gasteiger partial charge in [0.05, 0.1) is 0 Å². The average Bonchev–Trinajstić information content (AvgIpc) is 3.10. The summed E-state index contributed by atoms with van der Waals surface area (Å²) in [5.74, 6) is 0. The van der Waals surface area contributed by atoms with E-state index in [4.69, 9.17) is 0 Å². The number of fused-ring (bicyclic) bond motifs is 2. The number of nitrogens with one attached hydrogen (secondary N) is 2. The number of para-hydroxylation sites is 1. The van der Waals surface area contributed by atoms with E-state index in [1.165, 1.54) is 44.9 Å². The van der Waals surface area contributed by atoms with E-state index >= 15 is 0 Å². The molecule has 3 aliphatic rings. The van der Waals surface area contributed by atoms with Crippen LogP contribution in [0, 0.1) is 6.92 Å². The van der Waals surface area contributed by atoms with Crippen molar-refractivity contribution in [3.05, 3.63) is 29.8 Å². The maximum atomic E-state index is 12.5. The Labute approximate surface area is 151 Å². The van der Waals surface area contributed by atoms with Crippen LogP contribution in [0.3, 0.4) is 0 Å². The molecule has 136 valence electrons. The Balaban J connectivity index is 1.36. The van der Waals surface area contributed by atoms with Crippen molar-refractivity contribution in [1.82, 2.24) is 10.2 Å². The molecule has 0 radical (unpaired) electrons. The molecule has 1 aromatic carbocycles. The topological polar surface area (TPSA) is 44.4 Å². The molecule has 4 heteroatoms. The number of anilines is 1. The summed E-state index contributed by atoms with van der Waals surface area (Å²) in [5, 5.41) is 6.28. The first-order chi connectivity index (χ1) is 12.2. The summed E-state index contributed by atoms with van der Waals surface area (Å²) < 4.78 is 0. The predicted octanol–water partition coefficient (Wildman–Crippen LogP) is 4.44. The number of piperidine rings is 2. The number of aryl methyl sites for hydroxylation is 1. The number of urea groups is 1. The van der Waals surface area contributed by atoms with Crippen molar-refractivity contribution < 1.29 is 4.79 Å². The summed E-state index contributed by atoms with van der Waals surface area (Å²) in [5.41, 5.74) is 2.01. The maximum absolute atomic E-state index is 12.5. The molecule has 2 N–H and O–H groups in total. The zero-order valence-electron chi connectivity index (χ0n) is 15.3. The summed E-state index contributed by atoms with van der Waals surface area (Å²) in [6.07, 6.45) is 11.8. The van der Waals surface area contributed by atoms with Crippen LogP contribution >= 0.6 is 0 Å². The average molecular weight is 341 g/mol. The molecule has 0 spiro atoms. The van der Waals surface area contributed by atoms with E-state index in [0.717, 1.165) is 30.1 Å². The maximum Gasteiger partial charge on any atom is 0.319 e. The first-order valence-corrected chi connectivity index (χ1v) is 10.1. The molecule has 1 aromatic rings. The minimum atomic E-state index is -0.0494. The number of rotatable bonds is 3. The molecule has 3 fully saturated rings. The van der Waals surface area contributed by atoms with Gasteiger partial charge in [0.25, 0.3) is 0 Å². The second kappa shape index (κ2) is 7.36. The number of amides is 2. The first-order valence-electron chi connectivity index (χ1n) is 10.1. The highest BCUT2D eigenvalue weighted by Gasteiger charge is 2.42. The Hall–Kier alpha value is -1.55. The third-order valence-corrected chi connectivity index (χ3v) is 6.51. The van der Waals surface area contributed by atoms with Crippen molar-refractivity contribution >= 4 is 11.7 Å². The monoisotopic (exact) mass is 341 g/mol. The van der Waals surface area contributed by atoms with Gasteiger partial charge >= 0.3 is 6.03 Å². The van der Waals surface area contributed by atoms with Crippen LogP contribution in [0.4, 0.5) is 10.5 Å². The van der Waals surface area contributed by atoms with Crippen LogP contribution < -0.4 is 10.6 Å². The number of carbonyl (C=O) groups is 1. The molecule has 2 heterocycles. The van der Waals surface area contributed by atoms with E-state index in [2.05, 4.69) is 15.5 Å². The second-order valence-corrected chi connectivity index (χ2v) is 8.21. The van der Waals surface area contributed by atoms with Gasteiger partial charge in [-0.15, -0.1) is 0 Å². The lowest BCUT2D eigenvalue weighted by Crippen LogP contribution is -2.59. The molecule has 1 saturated carbocycles. The van der Waals surface area contributed by atoms with Crippen molar-refractivity contribution in [2.45, 2.75) is 88.9 Å². The summed E-state index contributed by atoms with van der Waals surface area (Å²) in [4.78, 5) is 15.3. The third-order valence-electron chi connectivity index (χ3n) is 6.51. The number of hydrogen-bond donors (Lipinski definition) is 2. The van der Waals surface area contributed by atoms with E-state index in [9.17, 15) is 4.79 Å². The van der Waals surface area contributed by atoms with Crippen molar-refractivity contribution in [3.8, 4) is 0 Å². The molecule has 1 unspecified atom stereocenters. The molecule has 2 bridgehead atoms. The summed E-state index contributed by atoms with van der Waals surface area (Å²) in [6, 6.07) is 10.4. The van der Waals surface area contributed by atoms with Crippen molar-refractivity contribution in [1.29, 1.82) is 0 Å². The molecule has 4 rings (SSSR count). The quantitative estimate of drug-likeness (QED) is 0.853. The number of hydrogen-bond acceptors (Lipinski definition) is 2. The highest BCUT2D eigenvalue weighted by Crippen LogP contribution is 2.39. The summed E-state index contributed by atoms with van der Waals surface area (Å²) >= 11 is 0. The Kier molecular flexibility index (Phi) is 4.98. The minimum Gasteiger partial charge on any atom is -0.335 e. The fourth-order valence-electron chi connectivity index (χ4n) is 5.39. The Morgan fingerprint density at radius 2 is 1.60 bits per heavy atom. The van der Waals surface area contributed by atoms with Gasteiger partial charge in [-0.1, -0.05) is 37.5 Å². The Morgan fingerprint density at radius 3 is 2.28 bits per heavy atom. The van der Waals surface area contributed by atoms with E-state index in [-0.39, 0.29) is 6.03 Å². The van der Waals surface area contributed by atoms with Gasteiger partial charge in [-0.05, 0) is 57.1 Å². The van der Waals surface area contributed by atoms with Gasteiger partial charge < -0.3 is 10.6 Å². The Bertz CT molecular complexity index is 597. The highest BCUT2D eigenvalue weighted by molar-refractivity contribution is 5.90. The molecule has 2 amide bonds. The molecule has 1 aliphatic carbocycles. The lowest BCUT2D eigenvalue weighted by atomic mass is 9.80. The third kappa shape index (κ3) is 3.69. The lowest BCUT2D eigenvalue weighted by molar-refractivity contribution is -0.00680. The zero-order valence-corrected chi connectivity index (χ0v) is 15.3. The SMILES string of the molecule is Cc1ccccc1NC(=O)NC1C[C@H]2CCC[C@@H](C1)N2C1CCCC1. The fourth-order valence-corrected chi connectivity index (χ4v) is 5.39. The van der Waals surface area contributed by atoms with Gasteiger partial charge in [0.15, 0.2) is 0 Å². The molecule has 0 aromatic heterocycles. The van der Waals surface area contributed by atoms with Crippen molar-refractivity contribution in [3.63, 3.8) is 0 Å². The van der Waals surface area contributed by atoms with E-state index < -0.39 is 0 Å². The van der Waals surface area contributed by atoms with E-state index in [1.54, 1.807) is 0 Å². The van der Waals surface area contributed by atoms with Crippen LogP contribution in [0.25, 0.3) is 0 Å². The fraction of sp³-hybridized carbons (Fsp3) is 0.667. The normalized spacial score (nSPS) is 30.2. The zero-order chi connectivity index (χ0) is 17.2. The Morgan fingerprint density at radius 1 is 0.960 bits per heavy atom. The van der Waals surface area contributed by atoms with E-state index in [1.807, 2.05) is 31.2 Å². The molecule has 4 nitrogen and oxygen atoms in total. The minimum absolute atomic E-state index is 0.0494. The summed E-state index contributed by atoms with van der Waals surface area (Å²) in [6.45, 7) is 2.03. The first kappa shape index (κ1) is 16.9. The van der Waals surface area contributed by atoms with Gasteiger partial charge in [-0.3, -0.25) is 4.90 Å². The molecule has 3 atom stereocenters. The van der Waals surface area contributed by atoms with Gasteiger partial charge in [-0.2, -0.15) is 0 Å². The lowest BCUT2D eigenvalue weighted by Gasteiger charge is -2.51. The van der Waals surface area contributed by atoms with Crippen LogP contribution in [0.5, 0.6) is 0 Å². The molecule has 2 saturated heterocycles. The van der Waals surface area contributed by atoms with Crippen LogP contribution in [-0.2, 0) is 0 Å². The van der Waals surface area contributed by atoms with Crippen LogP contribution in [0.1, 0.15) is 63.4 Å². The molecular weight excluding hydrogens is 310 g/mol. The predicted molar refractivity (Wildman–Crippen MR) is 102 cm³/mol. The molecule has 2 aliphatic heterocycles. The van der Waals surface area contributed by atoms with Crippen LogP contribution in [-0.4, -0.2) is 35.1 Å². The van der Waals surface area contributed by atoms with Gasteiger partial charge in [0.2, 0.25) is 0 Å². The largest absolute Gasteiger partial charge is 0.335 e. The van der Waals surface area contributed by atoms with Crippen LogP contribution in [0.15, 0.2) is 24.3 Å². The van der Waals surface area contributed by atoms with Crippen molar-refractivity contribution in [2.24, 2.45) is 0 Å². The van der Waals surface area contributed by atoms with Gasteiger partial charge in [0, 0.05) is 29.9 Å². The number of carbonyl (C=O) groups excluding carboxylic acids is 1. The van der Waals surface area contributed by atoms with Gasteiger partial charge in [-0.25, -0.2) is 4.79 Å². The molecular formula is C21H31N3O. The number of benzene rings is 1. The van der Waals surface area contributed by atoms with Gasteiger partial charge in [0.1, 0.15) is 0 Å². The highest BCUT2D eigenvalue weighted by atomic mass is 16.2. The smallest absolute Gasteiger partial charge is 0.319 e. The number of nitrogens with zero attached hydrogens (tertiary/aromatic N) is 1. The standard InChI is InChI=1S/C21H31N3O/c1-15-7-2-5-12-20(15)23-21(25)22-16-13-18-10-6-11-19(14-16)24(18)17-8-3-4-9-17/h2,5,7,12,16-19H,3-4,6,8-11,13-14H2,1H3,(H2,22,23,25)/t16?,18-,19+. The van der Waals surface area contributed by atoms with E-state index in [0.29, 0.717) is 18.1 Å². The summed E-state index contributed by atoms with van der Waals surface area (Å²) in [7, 11) is 0. The van der Waals surface area contributed by atoms with Crippen molar-refractivity contribution in [2.75, 3.05) is 5.32 Å². The van der Waals surface area contributed by atoms with Crippen LogP contribution in [0.2, 0.25) is 0 Å². The second-order valence-electron chi connectivity index (χ2n) is 8.21. The molecule has 25 heavy (non-hydrogen) atoms.